The summed E-state index contributed by atoms with van der Waals surface area (Å²) in [6.45, 7) is 1.87. The Balaban J connectivity index is 2.04. The van der Waals surface area contributed by atoms with Crippen molar-refractivity contribution in [3.8, 4) is 0 Å². The van der Waals surface area contributed by atoms with Crippen molar-refractivity contribution in [3.05, 3.63) is 50.1 Å². The van der Waals surface area contributed by atoms with E-state index in [9.17, 15) is 14.7 Å². The molecule has 0 saturated carbocycles. The van der Waals surface area contributed by atoms with Crippen molar-refractivity contribution >= 4 is 44.6 Å². The van der Waals surface area contributed by atoms with Crippen molar-refractivity contribution in [2.24, 2.45) is 0 Å². The van der Waals surface area contributed by atoms with Gasteiger partial charge in [0.05, 0.1) is 11.3 Å². The standard InChI is InChI=1S/C15H12BrNO3S/c1-8-4-5-9-12(13(8)16)15(20,14(19)17-9)7-10(18)11-3-2-6-21-11/h2-6,20H,7H2,1H3,(H,17,19)/t15-/m1/s1. The van der Waals surface area contributed by atoms with Crippen LogP contribution < -0.4 is 5.32 Å². The van der Waals surface area contributed by atoms with Gasteiger partial charge in [-0.1, -0.05) is 28.1 Å². The minimum Gasteiger partial charge on any atom is -0.375 e. The summed E-state index contributed by atoms with van der Waals surface area (Å²) in [5, 5.41) is 15.3. The Kier molecular flexibility index (Phi) is 3.47. The number of rotatable bonds is 3. The molecule has 21 heavy (non-hydrogen) atoms. The predicted octanol–water partition coefficient (Wildman–Crippen LogP) is 3.23. The lowest BCUT2D eigenvalue weighted by Crippen LogP contribution is -2.36. The molecule has 1 aliphatic heterocycles. The normalized spacial score (nSPS) is 20.2. The van der Waals surface area contributed by atoms with Crippen molar-refractivity contribution in [2.45, 2.75) is 18.9 Å². The molecule has 2 aromatic rings. The number of Topliss-reactive ketones (excluding diaryl/α,β-unsaturated/α-hetero) is 1. The second-order valence-corrected chi connectivity index (χ2v) is 6.75. The summed E-state index contributed by atoms with van der Waals surface area (Å²) in [6.07, 6.45) is -0.269. The van der Waals surface area contributed by atoms with E-state index in [1.165, 1.54) is 11.3 Å². The number of nitrogens with one attached hydrogen (secondary N) is 1. The summed E-state index contributed by atoms with van der Waals surface area (Å²) >= 11 is 4.71. The molecule has 0 bridgehead atoms. The van der Waals surface area contributed by atoms with Gasteiger partial charge in [-0.05, 0) is 30.0 Å². The third-order valence-electron chi connectivity index (χ3n) is 3.58. The Morgan fingerprint density at radius 1 is 1.43 bits per heavy atom. The Bertz CT molecular complexity index is 742. The lowest BCUT2D eigenvalue weighted by molar-refractivity contribution is -0.133. The zero-order valence-electron chi connectivity index (χ0n) is 11.1. The molecule has 4 nitrogen and oxygen atoms in total. The van der Waals surface area contributed by atoms with Crippen LogP contribution in [0.2, 0.25) is 0 Å². The first-order chi connectivity index (χ1) is 9.93. The number of hydrogen-bond acceptors (Lipinski definition) is 4. The first-order valence-corrected chi connectivity index (χ1v) is 8.01. The van der Waals surface area contributed by atoms with E-state index in [4.69, 9.17) is 0 Å². The van der Waals surface area contributed by atoms with Crippen molar-refractivity contribution in [1.82, 2.24) is 0 Å². The van der Waals surface area contributed by atoms with E-state index < -0.39 is 11.5 Å². The maximum Gasteiger partial charge on any atom is 0.261 e. The van der Waals surface area contributed by atoms with Crippen LogP contribution in [-0.2, 0) is 10.4 Å². The third-order valence-corrected chi connectivity index (χ3v) is 5.52. The Hall–Kier alpha value is -1.50. The van der Waals surface area contributed by atoms with Gasteiger partial charge in [-0.3, -0.25) is 9.59 Å². The van der Waals surface area contributed by atoms with Gasteiger partial charge in [-0.15, -0.1) is 11.3 Å². The highest BCUT2D eigenvalue weighted by atomic mass is 79.9. The molecule has 0 saturated heterocycles. The number of carbonyl (C=O) groups is 2. The van der Waals surface area contributed by atoms with E-state index in [0.29, 0.717) is 20.6 Å². The number of carbonyl (C=O) groups excluding carboxylic acids is 2. The monoisotopic (exact) mass is 365 g/mol. The third kappa shape index (κ3) is 2.23. The molecule has 1 atom stereocenters. The molecule has 0 radical (unpaired) electrons. The van der Waals surface area contributed by atoms with Crippen LogP contribution in [0.1, 0.15) is 27.2 Å². The number of benzene rings is 1. The van der Waals surface area contributed by atoms with E-state index >= 15 is 0 Å². The molecule has 0 unspecified atom stereocenters. The molecular weight excluding hydrogens is 354 g/mol. The maximum absolute atomic E-state index is 12.3. The van der Waals surface area contributed by atoms with Gasteiger partial charge in [0, 0.05) is 15.7 Å². The zero-order chi connectivity index (χ0) is 15.2. The average molecular weight is 366 g/mol. The van der Waals surface area contributed by atoms with Crippen molar-refractivity contribution in [3.63, 3.8) is 0 Å². The SMILES string of the molecule is Cc1ccc2c(c1Br)[C@](O)(CC(=O)c1cccs1)C(=O)N2. The topological polar surface area (TPSA) is 66.4 Å². The Morgan fingerprint density at radius 3 is 2.86 bits per heavy atom. The molecule has 2 N–H and O–H groups in total. The fourth-order valence-electron chi connectivity index (χ4n) is 2.45. The van der Waals surface area contributed by atoms with Crippen LogP contribution in [0, 0.1) is 6.92 Å². The first-order valence-electron chi connectivity index (χ1n) is 6.33. The largest absolute Gasteiger partial charge is 0.375 e. The minimum atomic E-state index is -1.83. The van der Waals surface area contributed by atoms with Crippen LogP contribution in [-0.4, -0.2) is 16.8 Å². The number of aryl methyl sites for hydroxylation is 1. The van der Waals surface area contributed by atoms with Crippen LogP contribution in [0.3, 0.4) is 0 Å². The summed E-state index contributed by atoms with van der Waals surface area (Å²) in [7, 11) is 0. The Morgan fingerprint density at radius 2 is 2.19 bits per heavy atom. The number of halogens is 1. The van der Waals surface area contributed by atoms with Gasteiger partial charge in [-0.25, -0.2) is 0 Å². The number of ketones is 1. The highest BCUT2D eigenvalue weighted by Gasteiger charge is 2.48. The molecule has 1 aliphatic rings. The summed E-state index contributed by atoms with van der Waals surface area (Å²) < 4.78 is 0.653. The predicted molar refractivity (Wildman–Crippen MR) is 84.7 cm³/mol. The summed E-state index contributed by atoms with van der Waals surface area (Å²) in [4.78, 5) is 25.0. The van der Waals surface area contributed by atoms with E-state index in [1.54, 1.807) is 23.6 Å². The molecule has 108 valence electrons. The van der Waals surface area contributed by atoms with Crippen LogP contribution in [0.5, 0.6) is 0 Å². The quantitative estimate of drug-likeness (QED) is 0.820. The molecule has 2 heterocycles. The first kappa shape index (κ1) is 14.4. The molecule has 1 aromatic heterocycles. The van der Waals surface area contributed by atoms with Gasteiger partial charge in [0.25, 0.3) is 5.91 Å². The summed E-state index contributed by atoms with van der Waals surface area (Å²) in [6, 6.07) is 7.04. The average Bonchev–Trinajstić information content (AvgIpc) is 3.03. The summed E-state index contributed by atoms with van der Waals surface area (Å²) in [5.41, 5.74) is 0.0463. The zero-order valence-corrected chi connectivity index (χ0v) is 13.5. The second-order valence-electron chi connectivity index (χ2n) is 5.01. The smallest absolute Gasteiger partial charge is 0.261 e. The van der Waals surface area contributed by atoms with Crippen LogP contribution in [0.4, 0.5) is 5.69 Å². The Labute approximate surface area is 133 Å². The molecule has 1 aromatic carbocycles. The lowest BCUT2D eigenvalue weighted by atomic mass is 9.88. The van der Waals surface area contributed by atoms with Gasteiger partial charge in [0.2, 0.25) is 0 Å². The van der Waals surface area contributed by atoms with E-state index in [-0.39, 0.29) is 12.2 Å². The number of hydrogen-bond donors (Lipinski definition) is 2. The molecule has 0 fully saturated rings. The summed E-state index contributed by atoms with van der Waals surface area (Å²) in [5.74, 6) is -0.808. The van der Waals surface area contributed by atoms with Gasteiger partial charge in [0.1, 0.15) is 0 Å². The second kappa shape index (κ2) is 5.05. The van der Waals surface area contributed by atoms with E-state index in [2.05, 4.69) is 21.2 Å². The fraction of sp³-hybridized carbons (Fsp3) is 0.200. The number of anilines is 1. The van der Waals surface area contributed by atoms with Crippen LogP contribution in [0.25, 0.3) is 0 Å². The highest BCUT2D eigenvalue weighted by Crippen LogP contribution is 2.44. The number of aliphatic hydroxyl groups is 1. The van der Waals surface area contributed by atoms with E-state index in [0.717, 1.165) is 5.56 Å². The molecule has 0 spiro atoms. The van der Waals surface area contributed by atoms with Crippen LogP contribution in [0.15, 0.2) is 34.1 Å². The number of fused-ring (bicyclic) bond motifs is 1. The van der Waals surface area contributed by atoms with Gasteiger partial charge in [0.15, 0.2) is 11.4 Å². The molecule has 3 rings (SSSR count). The van der Waals surface area contributed by atoms with E-state index in [1.807, 2.05) is 13.0 Å². The number of amides is 1. The van der Waals surface area contributed by atoms with Crippen molar-refractivity contribution in [2.75, 3.05) is 5.32 Å². The lowest BCUT2D eigenvalue weighted by Gasteiger charge is -2.21. The molecule has 6 heteroatoms. The molecular formula is C15H12BrNO3S. The van der Waals surface area contributed by atoms with Gasteiger partial charge >= 0.3 is 0 Å². The maximum atomic E-state index is 12.3. The van der Waals surface area contributed by atoms with Gasteiger partial charge in [-0.2, -0.15) is 0 Å². The molecule has 1 amide bonds. The highest BCUT2D eigenvalue weighted by molar-refractivity contribution is 9.10. The van der Waals surface area contributed by atoms with Gasteiger partial charge < -0.3 is 10.4 Å². The van der Waals surface area contributed by atoms with Crippen molar-refractivity contribution < 1.29 is 14.7 Å². The van der Waals surface area contributed by atoms with Crippen molar-refractivity contribution in [1.29, 1.82) is 0 Å². The number of thiophene rings is 1. The minimum absolute atomic E-state index is 0.246. The molecule has 0 aliphatic carbocycles. The van der Waals surface area contributed by atoms with Crippen LogP contribution >= 0.6 is 27.3 Å². The fourth-order valence-corrected chi connectivity index (χ4v) is 3.79.